The maximum absolute atomic E-state index is 14.3. The van der Waals surface area contributed by atoms with Gasteiger partial charge in [-0.25, -0.2) is 23.1 Å². The van der Waals surface area contributed by atoms with Gasteiger partial charge >= 0.3 is 0 Å². The SMILES string of the molecule is CCCc1ccc(-c2cnc(-c3ccc(C)c(F)c3)nc2)c(F)c1F. The van der Waals surface area contributed by atoms with Gasteiger partial charge in [0.1, 0.15) is 5.82 Å². The van der Waals surface area contributed by atoms with Crippen LogP contribution in [0.25, 0.3) is 22.5 Å². The fourth-order valence-electron chi connectivity index (χ4n) is 2.62. The minimum Gasteiger partial charge on any atom is -0.236 e. The number of halogens is 3. The van der Waals surface area contributed by atoms with Crippen molar-refractivity contribution in [2.45, 2.75) is 26.7 Å². The third kappa shape index (κ3) is 3.40. The van der Waals surface area contributed by atoms with Gasteiger partial charge in [-0.05, 0) is 30.5 Å². The predicted octanol–water partition coefficient (Wildman–Crippen LogP) is 5.49. The van der Waals surface area contributed by atoms with E-state index in [1.807, 2.05) is 6.92 Å². The Morgan fingerprint density at radius 1 is 0.880 bits per heavy atom. The second-order valence-corrected chi connectivity index (χ2v) is 5.91. The highest BCUT2D eigenvalue weighted by atomic mass is 19.2. The minimum absolute atomic E-state index is 0.110. The summed E-state index contributed by atoms with van der Waals surface area (Å²) in [5.41, 5.74) is 1.90. The highest BCUT2D eigenvalue weighted by molar-refractivity contribution is 5.65. The summed E-state index contributed by atoms with van der Waals surface area (Å²) in [5, 5.41) is 0. The molecule has 25 heavy (non-hydrogen) atoms. The van der Waals surface area contributed by atoms with Crippen LogP contribution in [0.3, 0.4) is 0 Å². The van der Waals surface area contributed by atoms with Gasteiger partial charge in [-0.2, -0.15) is 0 Å². The summed E-state index contributed by atoms with van der Waals surface area (Å²) in [6, 6.07) is 7.83. The van der Waals surface area contributed by atoms with Crippen LogP contribution in [0.5, 0.6) is 0 Å². The molecule has 3 aromatic rings. The van der Waals surface area contributed by atoms with E-state index in [4.69, 9.17) is 0 Å². The standard InChI is InChI=1S/C20H17F3N2/c1-3-4-13-7-8-16(19(23)18(13)22)15-10-24-20(25-11-15)14-6-5-12(2)17(21)9-14/h5-11H,3-4H2,1-2H3. The van der Waals surface area contributed by atoms with Gasteiger partial charge in [0.15, 0.2) is 17.5 Å². The smallest absolute Gasteiger partial charge is 0.167 e. The Morgan fingerprint density at radius 3 is 2.24 bits per heavy atom. The molecule has 0 unspecified atom stereocenters. The third-order valence-electron chi connectivity index (χ3n) is 4.07. The molecule has 0 spiro atoms. The first-order valence-electron chi connectivity index (χ1n) is 8.07. The summed E-state index contributed by atoms with van der Waals surface area (Å²) in [4.78, 5) is 8.32. The van der Waals surface area contributed by atoms with E-state index in [2.05, 4.69) is 9.97 Å². The van der Waals surface area contributed by atoms with Crippen LogP contribution in [-0.4, -0.2) is 9.97 Å². The molecule has 0 bridgehead atoms. The zero-order chi connectivity index (χ0) is 18.0. The molecule has 0 amide bonds. The molecule has 128 valence electrons. The average molecular weight is 342 g/mol. The van der Waals surface area contributed by atoms with Gasteiger partial charge in [0.25, 0.3) is 0 Å². The molecule has 0 aliphatic heterocycles. The molecule has 2 aromatic carbocycles. The van der Waals surface area contributed by atoms with Gasteiger partial charge < -0.3 is 0 Å². The van der Waals surface area contributed by atoms with Crippen LogP contribution in [0, 0.1) is 24.4 Å². The van der Waals surface area contributed by atoms with E-state index in [1.54, 1.807) is 25.1 Å². The molecular formula is C20H17F3N2. The summed E-state index contributed by atoms with van der Waals surface area (Å²) in [6.45, 7) is 3.58. The van der Waals surface area contributed by atoms with Crippen molar-refractivity contribution < 1.29 is 13.2 Å². The van der Waals surface area contributed by atoms with Crippen LogP contribution in [0.1, 0.15) is 24.5 Å². The Kier molecular flexibility index (Phi) is 4.83. The number of hydrogen-bond acceptors (Lipinski definition) is 2. The van der Waals surface area contributed by atoms with Crippen molar-refractivity contribution in [1.82, 2.24) is 9.97 Å². The Morgan fingerprint density at radius 2 is 1.60 bits per heavy atom. The monoisotopic (exact) mass is 342 g/mol. The summed E-state index contributed by atoms with van der Waals surface area (Å²) < 4.78 is 42.1. The van der Waals surface area contributed by atoms with Gasteiger partial charge in [-0.15, -0.1) is 0 Å². The Balaban J connectivity index is 1.95. The van der Waals surface area contributed by atoms with Crippen LogP contribution >= 0.6 is 0 Å². The summed E-state index contributed by atoms with van der Waals surface area (Å²) >= 11 is 0. The molecule has 2 nitrogen and oxygen atoms in total. The fraction of sp³-hybridized carbons (Fsp3) is 0.200. The lowest BCUT2D eigenvalue weighted by Crippen LogP contribution is -1.98. The lowest BCUT2D eigenvalue weighted by molar-refractivity contribution is 0.500. The Labute approximate surface area is 144 Å². The van der Waals surface area contributed by atoms with E-state index in [0.717, 1.165) is 6.42 Å². The van der Waals surface area contributed by atoms with Gasteiger partial charge in [0.05, 0.1) is 0 Å². The van der Waals surface area contributed by atoms with Crippen molar-refractivity contribution >= 4 is 0 Å². The van der Waals surface area contributed by atoms with E-state index >= 15 is 0 Å². The van der Waals surface area contributed by atoms with Crippen molar-refractivity contribution in [3.05, 3.63) is 71.3 Å². The molecule has 0 aliphatic carbocycles. The van der Waals surface area contributed by atoms with E-state index in [9.17, 15) is 13.2 Å². The normalized spacial score (nSPS) is 10.9. The number of nitrogens with zero attached hydrogens (tertiary/aromatic N) is 2. The van der Waals surface area contributed by atoms with Crippen LogP contribution in [-0.2, 0) is 6.42 Å². The number of hydrogen-bond donors (Lipinski definition) is 0. The predicted molar refractivity (Wildman–Crippen MR) is 91.5 cm³/mol. The van der Waals surface area contributed by atoms with E-state index in [0.29, 0.717) is 34.5 Å². The molecule has 0 radical (unpaired) electrons. The number of aryl methyl sites for hydroxylation is 2. The van der Waals surface area contributed by atoms with E-state index in [-0.39, 0.29) is 11.4 Å². The quantitative estimate of drug-likeness (QED) is 0.627. The summed E-state index contributed by atoms with van der Waals surface area (Å²) in [5.74, 6) is -1.75. The molecule has 0 aliphatic rings. The summed E-state index contributed by atoms with van der Waals surface area (Å²) in [6.07, 6.45) is 4.05. The van der Waals surface area contributed by atoms with Crippen LogP contribution in [0.2, 0.25) is 0 Å². The van der Waals surface area contributed by atoms with Gasteiger partial charge in [-0.1, -0.05) is 37.6 Å². The number of aromatic nitrogens is 2. The fourth-order valence-corrected chi connectivity index (χ4v) is 2.62. The highest BCUT2D eigenvalue weighted by Gasteiger charge is 2.15. The molecule has 0 saturated heterocycles. The zero-order valence-corrected chi connectivity index (χ0v) is 14.0. The number of rotatable bonds is 4. The first-order valence-corrected chi connectivity index (χ1v) is 8.07. The van der Waals surface area contributed by atoms with Crippen molar-refractivity contribution in [1.29, 1.82) is 0 Å². The van der Waals surface area contributed by atoms with Crippen molar-refractivity contribution in [2.24, 2.45) is 0 Å². The average Bonchev–Trinajstić information content (AvgIpc) is 2.62. The molecule has 0 atom stereocenters. The highest BCUT2D eigenvalue weighted by Crippen LogP contribution is 2.27. The molecule has 1 aromatic heterocycles. The molecule has 1 heterocycles. The molecule has 0 saturated carbocycles. The van der Waals surface area contributed by atoms with Gasteiger partial charge in [0.2, 0.25) is 0 Å². The Hall–Kier alpha value is -2.69. The summed E-state index contributed by atoms with van der Waals surface area (Å²) in [7, 11) is 0. The first-order chi connectivity index (χ1) is 12.0. The van der Waals surface area contributed by atoms with Crippen LogP contribution in [0.4, 0.5) is 13.2 Å². The van der Waals surface area contributed by atoms with Gasteiger partial charge in [-0.3, -0.25) is 0 Å². The second-order valence-electron chi connectivity index (χ2n) is 5.91. The zero-order valence-electron chi connectivity index (χ0n) is 14.0. The lowest BCUT2D eigenvalue weighted by Gasteiger charge is -2.08. The molecule has 3 rings (SSSR count). The maximum atomic E-state index is 14.3. The molecule has 5 heteroatoms. The van der Waals surface area contributed by atoms with E-state index < -0.39 is 11.6 Å². The molecule has 0 N–H and O–H groups in total. The van der Waals surface area contributed by atoms with Crippen LogP contribution in [0.15, 0.2) is 42.7 Å². The van der Waals surface area contributed by atoms with Crippen molar-refractivity contribution in [2.75, 3.05) is 0 Å². The largest absolute Gasteiger partial charge is 0.236 e. The Bertz CT molecular complexity index is 906. The molecular weight excluding hydrogens is 325 g/mol. The second kappa shape index (κ2) is 7.05. The van der Waals surface area contributed by atoms with E-state index in [1.165, 1.54) is 24.5 Å². The minimum atomic E-state index is -0.899. The molecule has 0 fully saturated rings. The van der Waals surface area contributed by atoms with Crippen molar-refractivity contribution in [3.8, 4) is 22.5 Å². The lowest BCUT2D eigenvalue weighted by atomic mass is 10.0. The topological polar surface area (TPSA) is 25.8 Å². The maximum Gasteiger partial charge on any atom is 0.167 e. The van der Waals surface area contributed by atoms with Crippen molar-refractivity contribution in [3.63, 3.8) is 0 Å². The van der Waals surface area contributed by atoms with Gasteiger partial charge in [0, 0.05) is 29.1 Å². The first kappa shape index (κ1) is 17.1. The van der Waals surface area contributed by atoms with Crippen LogP contribution < -0.4 is 0 Å². The third-order valence-corrected chi connectivity index (χ3v) is 4.07. The number of benzene rings is 2.